The largest absolute Gasteiger partial charge is 0.497 e. The average Bonchev–Trinajstić information content (AvgIpc) is 2.73. The van der Waals surface area contributed by atoms with Crippen LogP contribution in [0.5, 0.6) is 5.75 Å². The fraction of sp³-hybridized carbons (Fsp3) is 0.429. The molecule has 0 radical (unpaired) electrons. The molecule has 0 spiro atoms. The van der Waals surface area contributed by atoms with E-state index < -0.39 is 21.7 Å². The molecule has 6 nitrogen and oxygen atoms in total. The van der Waals surface area contributed by atoms with Crippen LogP contribution in [-0.4, -0.2) is 51.8 Å². The number of rotatable bonds is 7. The molecule has 2 saturated heterocycles. The Morgan fingerprint density at radius 1 is 1.17 bits per heavy atom. The number of methoxy groups -OCH3 is 1. The van der Waals surface area contributed by atoms with Gasteiger partial charge in [0, 0.05) is 31.2 Å². The Morgan fingerprint density at radius 2 is 1.93 bits per heavy atom. The monoisotopic (exact) mass is 438 g/mol. The van der Waals surface area contributed by atoms with E-state index in [2.05, 4.69) is 9.62 Å². The Kier molecular flexibility index (Phi) is 6.06. The van der Waals surface area contributed by atoms with Crippen molar-refractivity contribution >= 4 is 10.0 Å². The minimum absolute atomic E-state index is 0.0224. The zero-order chi connectivity index (χ0) is 21.3. The lowest BCUT2D eigenvalue weighted by Gasteiger charge is -2.52. The molecular weight excluding hydrogens is 414 g/mol. The number of ether oxygens (including phenoxy) is 2. The third-order valence-electron chi connectivity index (χ3n) is 5.72. The third kappa shape index (κ3) is 4.49. The summed E-state index contributed by atoms with van der Waals surface area (Å²) in [6, 6.07) is 9.80. The molecule has 0 bridgehead atoms. The number of halogens is 2. The van der Waals surface area contributed by atoms with Crippen LogP contribution in [0.4, 0.5) is 8.78 Å². The summed E-state index contributed by atoms with van der Waals surface area (Å²) in [5, 5.41) is 0. The Hall–Kier alpha value is -2.07. The molecule has 2 fully saturated rings. The fourth-order valence-electron chi connectivity index (χ4n) is 4.02. The van der Waals surface area contributed by atoms with Crippen LogP contribution >= 0.6 is 0 Å². The predicted molar refractivity (Wildman–Crippen MR) is 107 cm³/mol. The smallest absolute Gasteiger partial charge is 0.240 e. The van der Waals surface area contributed by atoms with Gasteiger partial charge in [0.15, 0.2) is 0 Å². The maximum atomic E-state index is 13.9. The summed E-state index contributed by atoms with van der Waals surface area (Å²) < 4.78 is 65.9. The van der Waals surface area contributed by atoms with Crippen molar-refractivity contribution in [2.24, 2.45) is 0 Å². The van der Waals surface area contributed by atoms with Gasteiger partial charge in [-0.05, 0) is 55.3 Å². The van der Waals surface area contributed by atoms with Gasteiger partial charge in [-0.2, -0.15) is 0 Å². The van der Waals surface area contributed by atoms with Crippen LogP contribution in [0.15, 0.2) is 47.4 Å². The van der Waals surface area contributed by atoms with Gasteiger partial charge in [0.25, 0.3) is 0 Å². The summed E-state index contributed by atoms with van der Waals surface area (Å²) in [5.41, 5.74) is 0.336. The number of benzene rings is 2. The van der Waals surface area contributed by atoms with E-state index in [-0.39, 0.29) is 29.7 Å². The lowest BCUT2D eigenvalue weighted by atomic mass is 9.89. The Morgan fingerprint density at radius 3 is 2.63 bits per heavy atom. The summed E-state index contributed by atoms with van der Waals surface area (Å²) in [6.07, 6.45) is 1.27. The van der Waals surface area contributed by atoms with Crippen molar-refractivity contribution in [3.8, 4) is 5.75 Å². The second-order valence-electron chi connectivity index (χ2n) is 7.63. The highest BCUT2D eigenvalue weighted by molar-refractivity contribution is 7.89. The molecule has 0 aliphatic carbocycles. The minimum atomic E-state index is -3.63. The zero-order valence-corrected chi connectivity index (χ0v) is 17.4. The van der Waals surface area contributed by atoms with Gasteiger partial charge in [-0.1, -0.05) is 0 Å². The van der Waals surface area contributed by atoms with Crippen molar-refractivity contribution < 1.29 is 26.7 Å². The number of likely N-dealkylation sites (tertiary alicyclic amines) is 1. The van der Waals surface area contributed by atoms with Gasteiger partial charge in [-0.15, -0.1) is 0 Å². The van der Waals surface area contributed by atoms with Crippen molar-refractivity contribution in [3.05, 3.63) is 59.7 Å². The summed E-state index contributed by atoms with van der Waals surface area (Å²) in [7, 11) is -2.11. The van der Waals surface area contributed by atoms with Crippen LogP contribution in [0.2, 0.25) is 0 Å². The minimum Gasteiger partial charge on any atom is -0.497 e. The third-order valence-corrected chi connectivity index (χ3v) is 7.16. The molecule has 3 atom stereocenters. The quantitative estimate of drug-likeness (QED) is 0.720. The highest BCUT2D eigenvalue weighted by Crippen LogP contribution is 2.33. The molecule has 2 aliphatic rings. The van der Waals surface area contributed by atoms with Crippen LogP contribution in [-0.2, 0) is 21.3 Å². The molecule has 1 N–H and O–H groups in total. The van der Waals surface area contributed by atoms with Gasteiger partial charge < -0.3 is 9.47 Å². The van der Waals surface area contributed by atoms with E-state index in [1.165, 1.54) is 25.3 Å². The number of fused-ring (bicyclic) bond motifs is 1. The van der Waals surface area contributed by atoms with Gasteiger partial charge in [-0.3, -0.25) is 4.90 Å². The molecule has 2 aromatic rings. The summed E-state index contributed by atoms with van der Waals surface area (Å²) in [4.78, 5) is 2.24. The number of sulfonamides is 1. The summed E-state index contributed by atoms with van der Waals surface area (Å²) in [6.45, 7) is 1.14. The second-order valence-corrected chi connectivity index (χ2v) is 9.40. The first-order valence-electron chi connectivity index (χ1n) is 9.83. The van der Waals surface area contributed by atoms with Gasteiger partial charge in [-0.25, -0.2) is 21.9 Å². The molecule has 9 heteroatoms. The molecule has 0 aromatic heterocycles. The molecule has 0 unspecified atom stereocenters. The summed E-state index contributed by atoms with van der Waals surface area (Å²) in [5.74, 6) is -0.279. The topological polar surface area (TPSA) is 67.9 Å². The number of nitrogens with one attached hydrogen (secondary N) is 1. The van der Waals surface area contributed by atoms with Crippen LogP contribution in [0.25, 0.3) is 0 Å². The Labute approximate surface area is 174 Å². The zero-order valence-electron chi connectivity index (χ0n) is 16.6. The molecule has 30 heavy (non-hydrogen) atoms. The second kappa shape index (κ2) is 8.58. The van der Waals surface area contributed by atoms with Gasteiger partial charge in [0.1, 0.15) is 17.4 Å². The first-order chi connectivity index (χ1) is 14.4. The molecule has 2 aliphatic heterocycles. The van der Waals surface area contributed by atoms with E-state index in [4.69, 9.17) is 9.47 Å². The lowest BCUT2D eigenvalue weighted by Crippen LogP contribution is -2.64. The van der Waals surface area contributed by atoms with E-state index in [0.29, 0.717) is 30.8 Å². The first-order valence-corrected chi connectivity index (χ1v) is 11.3. The highest BCUT2D eigenvalue weighted by Gasteiger charge is 2.44. The van der Waals surface area contributed by atoms with Crippen molar-refractivity contribution in [3.63, 3.8) is 0 Å². The van der Waals surface area contributed by atoms with Crippen molar-refractivity contribution in [1.82, 2.24) is 9.62 Å². The van der Waals surface area contributed by atoms with E-state index >= 15 is 0 Å². The van der Waals surface area contributed by atoms with E-state index in [1.807, 2.05) is 0 Å². The summed E-state index contributed by atoms with van der Waals surface area (Å²) >= 11 is 0. The molecule has 4 rings (SSSR count). The van der Waals surface area contributed by atoms with Gasteiger partial charge >= 0.3 is 0 Å². The van der Waals surface area contributed by atoms with Crippen LogP contribution < -0.4 is 9.46 Å². The fourth-order valence-corrected chi connectivity index (χ4v) is 5.08. The van der Waals surface area contributed by atoms with Crippen LogP contribution in [0.3, 0.4) is 0 Å². The number of hydrogen-bond acceptors (Lipinski definition) is 5. The number of hydrogen-bond donors (Lipinski definition) is 1. The average molecular weight is 438 g/mol. The Balaban J connectivity index is 1.28. The van der Waals surface area contributed by atoms with Crippen molar-refractivity contribution in [2.45, 2.75) is 42.5 Å². The molecule has 0 amide bonds. The molecular formula is C21H24F2N2O4S. The van der Waals surface area contributed by atoms with E-state index in [0.717, 1.165) is 18.6 Å². The molecule has 0 saturated carbocycles. The highest BCUT2D eigenvalue weighted by atomic mass is 32.2. The lowest BCUT2D eigenvalue weighted by molar-refractivity contribution is -0.168. The number of nitrogens with zero attached hydrogens (tertiary/aromatic N) is 1. The normalized spacial score (nSPS) is 24.2. The molecule has 2 heterocycles. The first kappa shape index (κ1) is 21.2. The van der Waals surface area contributed by atoms with E-state index in [1.54, 1.807) is 12.1 Å². The molecule has 2 aromatic carbocycles. The Bertz CT molecular complexity index is 1000. The van der Waals surface area contributed by atoms with Gasteiger partial charge in [0.05, 0.1) is 24.2 Å². The van der Waals surface area contributed by atoms with Crippen LogP contribution in [0.1, 0.15) is 18.4 Å². The SMILES string of the molecule is COc1ccc(S(=O)(=O)NC[C@@H]2CC[C@H]3[C@H](CN3Cc3cc(F)ccc3F)O2)cc1. The van der Waals surface area contributed by atoms with E-state index in [9.17, 15) is 17.2 Å². The van der Waals surface area contributed by atoms with Gasteiger partial charge in [0.2, 0.25) is 10.0 Å². The standard InChI is InChI=1S/C21H24F2N2O4S/c1-28-16-3-6-18(7-4-16)30(26,27)24-11-17-5-9-20-21(29-17)13-25(20)12-14-10-15(22)2-8-19(14)23/h2-4,6-8,10,17,20-21,24H,5,9,11-13H2,1H3/t17-,20-,21-/m0/s1. The maximum absolute atomic E-state index is 13.9. The van der Waals surface area contributed by atoms with Crippen molar-refractivity contribution in [1.29, 1.82) is 0 Å². The van der Waals surface area contributed by atoms with Crippen LogP contribution in [0, 0.1) is 11.6 Å². The maximum Gasteiger partial charge on any atom is 0.240 e. The van der Waals surface area contributed by atoms with Crippen molar-refractivity contribution in [2.75, 3.05) is 20.2 Å². The molecule has 162 valence electrons. The predicted octanol–water partition coefficient (Wildman–Crippen LogP) is 2.68.